The number of nitro groups is 1. The van der Waals surface area contributed by atoms with E-state index in [9.17, 15) is 24.5 Å². The van der Waals surface area contributed by atoms with Crippen LogP contribution in [0.2, 0.25) is 0 Å². The lowest BCUT2D eigenvalue weighted by Crippen LogP contribution is -2.50. The highest BCUT2D eigenvalue weighted by molar-refractivity contribution is 5.97. The number of rotatable bonds is 6. The highest BCUT2D eigenvalue weighted by Gasteiger charge is 2.25. The molecule has 0 radical (unpaired) electrons. The summed E-state index contributed by atoms with van der Waals surface area (Å²) in [6.07, 6.45) is 0. The van der Waals surface area contributed by atoms with E-state index in [1.54, 1.807) is 35.2 Å². The topological polar surface area (TPSA) is 134 Å². The van der Waals surface area contributed by atoms with Gasteiger partial charge in [-0.2, -0.15) is 0 Å². The van der Waals surface area contributed by atoms with Crippen LogP contribution in [0.1, 0.15) is 10.4 Å². The Kier molecular flexibility index (Phi) is 7.21. The van der Waals surface area contributed by atoms with Gasteiger partial charge in [-0.3, -0.25) is 19.7 Å². The van der Waals surface area contributed by atoms with Gasteiger partial charge in [0.25, 0.3) is 11.6 Å². The first kappa shape index (κ1) is 22.5. The molecule has 1 saturated heterocycles. The maximum atomic E-state index is 12.6. The van der Waals surface area contributed by atoms with Crippen molar-refractivity contribution in [2.24, 2.45) is 0 Å². The van der Waals surface area contributed by atoms with Gasteiger partial charge in [0.15, 0.2) is 0 Å². The molecule has 3 amide bonds. The van der Waals surface area contributed by atoms with E-state index in [0.717, 1.165) is 0 Å². The molecule has 32 heavy (non-hydrogen) atoms. The maximum absolute atomic E-state index is 12.6. The average molecular weight is 441 g/mol. The highest BCUT2D eigenvalue weighted by atomic mass is 16.6. The van der Waals surface area contributed by atoms with Crippen molar-refractivity contribution in [1.82, 2.24) is 10.2 Å². The molecule has 0 aliphatic carbocycles. The zero-order valence-corrected chi connectivity index (χ0v) is 17.4. The summed E-state index contributed by atoms with van der Waals surface area (Å²) < 4.78 is 4.47. The lowest BCUT2D eigenvalue weighted by molar-refractivity contribution is -0.384. The number of carbonyl (C=O) groups is 3. The minimum absolute atomic E-state index is 0.0427. The van der Waals surface area contributed by atoms with E-state index in [1.807, 2.05) is 4.90 Å². The smallest absolute Gasteiger partial charge is 0.325 e. The Morgan fingerprint density at radius 3 is 2.31 bits per heavy atom. The number of anilines is 2. The molecule has 2 aromatic carbocycles. The number of para-hydroxylation sites is 2. The zero-order valence-electron chi connectivity index (χ0n) is 17.4. The summed E-state index contributed by atoms with van der Waals surface area (Å²) in [6, 6.07) is 12.5. The fourth-order valence-corrected chi connectivity index (χ4v) is 3.27. The van der Waals surface area contributed by atoms with Gasteiger partial charge in [-0.1, -0.05) is 12.1 Å². The van der Waals surface area contributed by atoms with Crippen LogP contribution in [0.25, 0.3) is 0 Å². The lowest BCUT2D eigenvalue weighted by atomic mass is 10.2. The molecule has 0 spiro atoms. The standard InChI is InChI=1S/C21H23N5O6/c1-32-19(27)14-22-20(28)15-6-8-16(9-7-15)23-21(29)25-12-10-24(11-13-25)17-4-2-3-5-18(17)26(30)31/h2-9H,10-14H2,1H3,(H,22,28)(H,23,29). The number of nitrogens with one attached hydrogen (secondary N) is 2. The van der Waals surface area contributed by atoms with E-state index < -0.39 is 16.8 Å². The molecular formula is C21H23N5O6. The van der Waals surface area contributed by atoms with Crippen LogP contribution in [0, 0.1) is 10.1 Å². The fraction of sp³-hybridized carbons (Fsp3) is 0.286. The van der Waals surface area contributed by atoms with E-state index in [1.165, 1.54) is 25.3 Å². The van der Waals surface area contributed by atoms with Crippen molar-refractivity contribution in [3.8, 4) is 0 Å². The first-order valence-corrected chi connectivity index (χ1v) is 9.88. The molecule has 0 bridgehead atoms. The number of methoxy groups -OCH3 is 1. The lowest BCUT2D eigenvalue weighted by Gasteiger charge is -2.35. The minimum Gasteiger partial charge on any atom is -0.468 e. The minimum atomic E-state index is -0.552. The molecule has 1 heterocycles. The van der Waals surface area contributed by atoms with Crippen LogP contribution < -0.4 is 15.5 Å². The molecule has 11 heteroatoms. The monoisotopic (exact) mass is 441 g/mol. The number of nitro benzene ring substituents is 1. The van der Waals surface area contributed by atoms with Gasteiger partial charge in [0.2, 0.25) is 0 Å². The number of amides is 3. The number of nitrogens with zero attached hydrogens (tertiary/aromatic N) is 3. The molecule has 11 nitrogen and oxygen atoms in total. The number of ether oxygens (including phenoxy) is 1. The molecule has 0 saturated carbocycles. The normalized spacial score (nSPS) is 13.3. The Labute approximate surface area is 184 Å². The fourth-order valence-electron chi connectivity index (χ4n) is 3.27. The molecule has 0 aromatic heterocycles. The summed E-state index contributed by atoms with van der Waals surface area (Å²) in [7, 11) is 1.23. The quantitative estimate of drug-likeness (QED) is 0.397. The van der Waals surface area contributed by atoms with Crippen molar-refractivity contribution < 1.29 is 24.0 Å². The second-order valence-electron chi connectivity index (χ2n) is 6.99. The van der Waals surface area contributed by atoms with Crippen LogP contribution in [0.5, 0.6) is 0 Å². The molecule has 0 unspecified atom stereocenters. The van der Waals surface area contributed by atoms with Gasteiger partial charge in [-0.25, -0.2) is 4.79 Å². The number of hydrogen-bond donors (Lipinski definition) is 2. The highest BCUT2D eigenvalue weighted by Crippen LogP contribution is 2.28. The van der Waals surface area contributed by atoms with Gasteiger partial charge in [-0.05, 0) is 30.3 Å². The van der Waals surface area contributed by atoms with E-state index >= 15 is 0 Å². The van der Waals surface area contributed by atoms with Gasteiger partial charge in [0.05, 0.1) is 12.0 Å². The van der Waals surface area contributed by atoms with E-state index in [4.69, 9.17) is 0 Å². The van der Waals surface area contributed by atoms with Gasteiger partial charge < -0.3 is 25.2 Å². The molecule has 2 N–H and O–H groups in total. The third-order valence-electron chi connectivity index (χ3n) is 5.01. The predicted molar refractivity (Wildman–Crippen MR) is 117 cm³/mol. The van der Waals surface area contributed by atoms with Crippen LogP contribution in [-0.4, -0.2) is 67.6 Å². The molecule has 2 aromatic rings. The molecule has 168 valence electrons. The van der Waals surface area contributed by atoms with E-state index in [-0.39, 0.29) is 18.3 Å². The summed E-state index contributed by atoms with van der Waals surface area (Å²) in [5.74, 6) is -0.983. The van der Waals surface area contributed by atoms with Crippen LogP contribution in [0.15, 0.2) is 48.5 Å². The van der Waals surface area contributed by atoms with Gasteiger partial charge >= 0.3 is 12.0 Å². The number of carbonyl (C=O) groups excluding carboxylic acids is 3. The summed E-state index contributed by atoms with van der Waals surface area (Å²) >= 11 is 0. The van der Waals surface area contributed by atoms with Gasteiger partial charge in [0.1, 0.15) is 12.2 Å². The number of urea groups is 1. The SMILES string of the molecule is COC(=O)CNC(=O)c1ccc(NC(=O)N2CCN(c3ccccc3[N+](=O)[O-])CC2)cc1. The van der Waals surface area contributed by atoms with Crippen LogP contribution in [-0.2, 0) is 9.53 Å². The van der Waals surface area contributed by atoms with Gasteiger partial charge in [0, 0.05) is 43.5 Å². The number of esters is 1. The van der Waals surface area contributed by atoms with E-state index in [0.29, 0.717) is 43.1 Å². The maximum Gasteiger partial charge on any atom is 0.325 e. The van der Waals surface area contributed by atoms with Gasteiger partial charge in [-0.15, -0.1) is 0 Å². The van der Waals surface area contributed by atoms with Crippen LogP contribution >= 0.6 is 0 Å². The summed E-state index contributed by atoms with van der Waals surface area (Å²) in [4.78, 5) is 50.0. The Morgan fingerprint density at radius 1 is 1.03 bits per heavy atom. The van der Waals surface area contributed by atoms with Crippen molar-refractivity contribution in [2.75, 3.05) is 50.1 Å². The third-order valence-corrected chi connectivity index (χ3v) is 5.01. The number of hydrogen-bond acceptors (Lipinski definition) is 7. The Morgan fingerprint density at radius 2 is 1.69 bits per heavy atom. The first-order chi connectivity index (χ1) is 15.4. The predicted octanol–water partition coefficient (Wildman–Crippen LogP) is 1.85. The molecule has 1 aliphatic rings. The second kappa shape index (κ2) is 10.2. The molecule has 3 rings (SSSR count). The van der Waals surface area contributed by atoms with Crippen molar-refractivity contribution in [3.05, 3.63) is 64.2 Å². The van der Waals surface area contributed by atoms with Crippen molar-refractivity contribution in [1.29, 1.82) is 0 Å². The third kappa shape index (κ3) is 5.50. The van der Waals surface area contributed by atoms with Crippen molar-refractivity contribution in [3.63, 3.8) is 0 Å². The first-order valence-electron chi connectivity index (χ1n) is 9.88. The summed E-state index contributed by atoms with van der Waals surface area (Å²) in [5, 5.41) is 16.5. The molecule has 1 aliphatic heterocycles. The van der Waals surface area contributed by atoms with Crippen molar-refractivity contribution >= 4 is 35.0 Å². The Bertz CT molecular complexity index is 1000. The van der Waals surface area contributed by atoms with E-state index in [2.05, 4.69) is 15.4 Å². The Balaban J connectivity index is 1.52. The Hall–Kier alpha value is -4.15. The summed E-state index contributed by atoms with van der Waals surface area (Å²) in [5.41, 5.74) is 1.44. The van der Waals surface area contributed by atoms with Crippen LogP contribution in [0.4, 0.5) is 21.9 Å². The molecule has 0 atom stereocenters. The molecule has 1 fully saturated rings. The summed E-state index contributed by atoms with van der Waals surface area (Å²) in [6.45, 7) is 1.53. The largest absolute Gasteiger partial charge is 0.468 e. The number of piperazine rings is 1. The second-order valence-corrected chi connectivity index (χ2v) is 6.99. The average Bonchev–Trinajstić information content (AvgIpc) is 2.82. The van der Waals surface area contributed by atoms with Crippen LogP contribution in [0.3, 0.4) is 0 Å². The van der Waals surface area contributed by atoms with Crippen molar-refractivity contribution in [2.45, 2.75) is 0 Å². The molecular weight excluding hydrogens is 418 g/mol. The number of benzene rings is 2. The zero-order chi connectivity index (χ0) is 23.1.